The van der Waals surface area contributed by atoms with Crippen LogP contribution in [-0.2, 0) is 13.6 Å². The lowest BCUT2D eigenvalue weighted by Crippen LogP contribution is -2.12. The number of nitrogens with one attached hydrogen (secondary N) is 1. The molecule has 4 aromatic rings. The van der Waals surface area contributed by atoms with Crippen molar-refractivity contribution in [2.45, 2.75) is 6.54 Å². The zero-order chi connectivity index (χ0) is 19.5. The van der Waals surface area contributed by atoms with Crippen molar-refractivity contribution in [1.29, 1.82) is 0 Å². The number of carbonyl (C=O) groups is 1. The van der Waals surface area contributed by atoms with E-state index in [-0.39, 0.29) is 5.56 Å². The molecule has 2 heterocycles. The van der Waals surface area contributed by atoms with E-state index >= 15 is 0 Å². The highest BCUT2D eigenvalue weighted by Gasteiger charge is 2.13. The molecule has 0 saturated heterocycles. The predicted octanol–water partition coefficient (Wildman–Crippen LogP) is 3.12. The monoisotopic (exact) mass is 376 g/mol. The number of rotatable bonds is 5. The van der Waals surface area contributed by atoms with Crippen LogP contribution in [0.3, 0.4) is 0 Å². The maximum absolute atomic E-state index is 14.1. The van der Waals surface area contributed by atoms with Gasteiger partial charge in [0.05, 0.1) is 18.9 Å². The zero-order valence-electron chi connectivity index (χ0n) is 15.1. The van der Waals surface area contributed by atoms with E-state index in [1.165, 1.54) is 16.8 Å². The Bertz CT molecular complexity index is 1120. The second kappa shape index (κ2) is 7.43. The van der Waals surface area contributed by atoms with Crippen molar-refractivity contribution in [3.8, 4) is 11.1 Å². The summed E-state index contributed by atoms with van der Waals surface area (Å²) in [6.45, 7) is 0.607. The molecule has 0 fully saturated rings. The lowest BCUT2D eigenvalue weighted by atomic mass is 10.1. The van der Waals surface area contributed by atoms with Crippen LogP contribution in [0.15, 0.2) is 67.1 Å². The molecule has 8 heteroatoms. The fourth-order valence-electron chi connectivity index (χ4n) is 2.85. The van der Waals surface area contributed by atoms with E-state index in [4.69, 9.17) is 0 Å². The van der Waals surface area contributed by atoms with E-state index in [0.717, 1.165) is 11.1 Å². The summed E-state index contributed by atoms with van der Waals surface area (Å²) in [7, 11) is 1.69. The van der Waals surface area contributed by atoms with Crippen molar-refractivity contribution in [1.82, 2.24) is 24.8 Å². The van der Waals surface area contributed by atoms with Gasteiger partial charge in [-0.15, -0.1) is 5.10 Å². The summed E-state index contributed by atoms with van der Waals surface area (Å²) in [4.78, 5) is 12.4. The molecule has 0 aliphatic rings. The number of hydrogen-bond acceptors (Lipinski definition) is 4. The van der Waals surface area contributed by atoms with Gasteiger partial charge in [0.25, 0.3) is 5.91 Å². The molecule has 1 N–H and O–H groups in total. The number of aromatic nitrogens is 5. The van der Waals surface area contributed by atoms with Crippen molar-refractivity contribution in [2.24, 2.45) is 7.05 Å². The molecule has 7 nitrogen and oxygen atoms in total. The molecule has 0 spiro atoms. The van der Waals surface area contributed by atoms with E-state index in [1.54, 1.807) is 30.2 Å². The van der Waals surface area contributed by atoms with Crippen molar-refractivity contribution < 1.29 is 9.18 Å². The maximum Gasteiger partial charge on any atom is 0.257 e. The first kappa shape index (κ1) is 17.6. The minimum absolute atomic E-state index is 0.191. The molecular formula is C20H17FN6O. The largest absolute Gasteiger partial charge is 0.304 e. The lowest BCUT2D eigenvalue weighted by molar-refractivity contribution is 0.102. The van der Waals surface area contributed by atoms with Crippen molar-refractivity contribution in [3.63, 3.8) is 0 Å². The van der Waals surface area contributed by atoms with E-state index in [1.807, 2.05) is 36.5 Å². The summed E-state index contributed by atoms with van der Waals surface area (Å²) in [6.07, 6.45) is 5.04. The zero-order valence-corrected chi connectivity index (χ0v) is 15.1. The topological polar surface area (TPSA) is 77.6 Å². The average molecular weight is 376 g/mol. The van der Waals surface area contributed by atoms with E-state index in [2.05, 4.69) is 20.7 Å². The fourth-order valence-corrected chi connectivity index (χ4v) is 2.85. The first-order chi connectivity index (χ1) is 13.6. The third-order valence-corrected chi connectivity index (χ3v) is 4.16. The molecule has 4 rings (SSSR count). The summed E-state index contributed by atoms with van der Waals surface area (Å²) in [5, 5.41) is 14.5. The number of aryl methyl sites for hydroxylation is 1. The SMILES string of the molecule is Cn1cc(NC(=O)c2cc(F)cc(-c3cnn(Cc4ccccc4)c3)c2)nn1. The van der Waals surface area contributed by atoms with Crippen LogP contribution in [0.2, 0.25) is 0 Å². The van der Waals surface area contributed by atoms with Gasteiger partial charge in [-0.1, -0.05) is 35.5 Å². The fraction of sp³-hybridized carbons (Fsp3) is 0.100. The van der Waals surface area contributed by atoms with Gasteiger partial charge in [0.15, 0.2) is 5.82 Å². The van der Waals surface area contributed by atoms with E-state index in [9.17, 15) is 9.18 Å². The third kappa shape index (κ3) is 3.96. The van der Waals surface area contributed by atoms with Crippen LogP contribution in [0.1, 0.15) is 15.9 Å². The number of anilines is 1. The molecule has 1 amide bonds. The van der Waals surface area contributed by atoms with Gasteiger partial charge < -0.3 is 5.32 Å². The van der Waals surface area contributed by atoms with Gasteiger partial charge in [-0.25, -0.2) is 4.39 Å². The molecule has 0 saturated carbocycles. The Morgan fingerprint density at radius 2 is 1.93 bits per heavy atom. The molecule has 0 atom stereocenters. The highest BCUT2D eigenvalue weighted by molar-refractivity contribution is 6.04. The Kier molecular flexibility index (Phi) is 4.67. The molecule has 0 bridgehead atoms. The summed E-state index contributed by atoms with van der Waals surface area (Å²) in [5.41, 5.74) is 2.60. The second-order valence-corrected chi connectivity index (χ2v) is 6.37. The van der Waals surface area contributed by atoms with Gasteiger partial charge in [0.2, 0.25) is 0 Å². The van der Waals surface area contributed by atoms with Crippen LogP contribution >= 0.6 is 0 Å². The molecule has 0 unspecified atom stereocenters. The van der Waals surface area contributed by atoms with Crippen molar-refractivity contribution in [2.75, 3.05) is 5.32 Å². The predicted molar refractivity (Wildman–Crippen MR) is 102 cm³/mol. The summed E-state index contributed by atoms with van der Waals surface area (Å²) >= 11 is 0. The highest BCUT2D eigenvalue weighted by atomic mass is 19.1. The quantitative estimate of drug-likeness (QED) is 0.581. The van der Waals surface area contributed by atoms with Crippen LogP contribution in [0, 0.1) is 5.82 Å². The van der Waals surface area contributed by atoms with Gasteiger partial charge in [0.1, 0.15) is 5.82 Å². The standard InChI is InChI=1S/C20H17FN6O/c1-26-13-19(24-25-26)23-20(28)16-7-15(8-18(21)9-16)17-10-22-27(12-17)11-14-5-3-2-4-6-14/h2-10,12-13H,11H2,1H3,(H,23,28). The average Bonchev–Trinajstić information content (AvgIpc) is 3.31. The first-order valence-corrected chi connectivity index (χ1v) is 8.62. The Morgan fingerprint density at radius 3 is 2.68 bits per heavy atom. The molecule has 28 heavy (non-hydrogen) atoms. The van der Waals surface area contributed by atoms with Crippen LogP contribution < -0.4 is 5.32 Å². The number of benzene rings is 2. The molecule has 0 aliphatic heterocycles. The Hall–Kier alpha value is -3.81. The first-order valence-electron chi connectivity index (χ1n) is 8.62. The minimum Gasteiger partial charge on any atom is -0.304 e. The van der Waals surface area contributed by atoms with Crippen molar-refractivity contribution >= 4 is 11.7 Å². The summed E-state index contributed by atoms with van der Waals surface area (Å²) < 4.78 is 17.4. The maximum atomic E-state index is 14.1. The number of nitrogens with zero attached hydrogens (tertiary/aromatic N) is 5. The van der Waals surface area contributed by atoms with Gasteiger partial charge in [-0.2, -0.15) is 5.10 Å². The Labute approximate surface area is 160 Å². The highest BCUT2D eigenvalue weighted by Crippen LogP contribution is 2.22. The smallest absolute Gasteiger partial charge is 0.257 e. The molecule has 0 aliphatic carbocycles. The second-order valence-electron chi connectivity index (χ2n) is 6.37. The number of hydrogen-bond donors (Lipinski definition) is 1. The van der Waals surface area contributed by atoms with Crippen LogP contribution in [0.25, 0.3) is 11.1 Å². The molecule has 2 aromatic heterocycles. The lowest BCUT2D eigenvalue weighted by Gasteiger charge is -2.05. The molecule has 0 radical (unpaired) electrons. The van der Waals surface area contributed by atoms with Crippen LogP contribution in [0.5, 0.6) is 0 Å². The van der Waals surface area contributed by atoms with Gasteiger partial charge in [-0.3, -0.25) is 14.2 Å². The van der Waals surface area contributed by atoms with Gasteiger partial charge in [-0.05, 0) is 29.3 Å². The number of carbonyl (C=O) groups excluding carboxylic acids is 1. The van der Waals surface area contributed by atoms with Crippen molar-refractivity contribution in [3.05, 3.63) is 84.1 Å². The molecular weight excluding hydrogens is 359 g/mol. The molecule has 140 valence electrons. The van der Waals surface area contributed by atoms with Crippen LogP contribution in [-0.4, -0.2) is 30.7 Å². The van der Waals surface area contributed by atoms with Gasteiger partial charge >= 0.3 is 0 Å². The van der Waals surface area contributed by atoms with E-state index in [0.29, 0.717) is 17.9 Å². The normalized spacial score (nSPS) is 10.8. The Balaban J connectivity index is 1.56. The summed E-state index contributed by atoms with van der Waals surface area (Å²) in [5.74, 6) is -0.662. The van der Waals surface area contributed by atoms with Crippen LogP contribution in [0.4, 0.5) is 10.2 Å². The summed E-state index contributed by atoms with van der Waals surface area (Å²) in [6, 6.07) is 14.1. The number of amides is 1. The number of halogens is 1. The minimum atomic E-state index is -0.502. The molecule has 2 aromatic carbocycles. The van der Waals surface area contributed by atoms with E-state index < -0.39 is 11.7 Å². The third-order valence-electron chi connectivity index (χ3n) is 4.16. The van der Waals surface area contributed by atoms with Gasteiger partial charge in [0, 0.05) is 24.4 Å². The Morgan fingerprint density at radius 1 is 1.11 bits per heavy atom.